The zero-order valence-corrected chi connectivity index (χ0v) is 14.9. The maximum atomic E-state index is 12.4. The highest BCUT2D eigenvalue weighted by Gasteiger charge is 2.12. The molecule has 134 valence electrons. The molecule has 0 unspecified atom stereocenters. The Morgan fingerprint density at radius 3 is 2.54 bits per heavy atom. The molecule has 3 rings (SSSR count). The first kappa shape index (κ1) is 17.6. The van der Waals surface area contributed by atoms with Crippen LogP contribution in [0.4, 0.5) is 0 Å². The monoisotopic (exact) mass is 352 g/mol. The molecule has 0 radical (unpaired) electrons. The molecule has 2 aromatic heterocycles. The number of hydrogen-bond donors (Lipinski definition) is 1. The summed E-state index contributed by atoms with van der Waals surface area (Å²) in [5.41, 5.74) is 2.59. The maximum Gasteiger partial charge on any atom is 0.337 e. The molecule has 0 saturated heterocycles. The number of ether oxygens (including phenoxy) is 1. The first-order valence-corrected chi connectivity index (χ1v) is 8.28. The van der Waals surface area contributed by atoms with Crippen LogP contribution >= 0.6 is 0 Å². The van der Waals surface area contributed by atoms with Gasteiger partial charge in [0.05, 0.1) is 24.4 Å². The van der Waals surface area contributed by atoms with Crippen molar-refractivity contribution in [2.24, 2.45) is 0 Å². The number of rotatable bonds is 5. The van der Waals surface area contributed by atoms with Gasteiger partial charge in [-0.1, -0.05) is 12.1 Å². The molecular formula is C19H20N4O3. The highest BCUT2D eigenvalue weighted by molar-refractivity contribution is 5.96. The fourth-order valence-corrected chi connectivity index (χ4v) is 2.60. The van der Waals surface area contributed by atoms with Crippen LogP contribution < -0.4 is 5.32 Å². The van der Waals surface area contributed by atoms with Crippen molar-refractivity contribution < 1.29 is 14.3 Å². The Labute approximate surface area is 151 Å². The van der Waals surface area contributed by atoms with Gasteiger partial charge in [-0.25, -0.2) is 14.5 Å². The summed E-state index contributed by atoms with van der Waals surface area (Å²) in [5, 5.41) is 7.98. The van der Waals surface area contributed by atoms with Crippen LogP contribution in [-0.2, 0) is 11.3 Å². The van der Waals surface area contributed by atoms with Gasteiger partial charge in [0, 0.05) is 24.2 Å². The molecule has 0 spiro atoms. The van der Waals surface area contributed by atoms with E-state index in [0.29, 0.717) is 17.7 Å². The molecule has 1 aromatic carbocycles. The molecule has 7 heteroatoms. The fourth-order valence-electron chi connectivity index (χ4n) is 2.60. The summed E-state index contributed by atoms with van der Waals surface area (Å²) >= 11 is 0. The van der Waals surface area contributed by atoms with E-state index in [4.69, 9.17) is 0 Å². The van der Waals surface area contributed by atoms with Gasteiger partial charge >= 0.3 is 5.97 Å². The highest BCUT2D eigenvalue weighted by atomic mass is 16.5. The number of hydrogen-bond acceptors (Lipinski definition) is 5. The molecule has 0 aliphatic carbocycles. The van der Waals surface area contributed by atoms with Crippen molar-refractivity contribution in [2.75, 3.05) is 7.11 Å². The van der Waals surface area contributed by atoms with Crippen molar-refractivity contribution in [3.63, 3.8) is 0 Å². The van der Waals surface area contributed by atoms with Crippen LogP contribution in [0.3, 0.4) is 0 Å². The minimum Gasteiger partial charge on any atom is -0.465 e. The third kappa shape index (κ3) is 3.56. The number of nitrogens with zero attached hydrogens (tertiary/aromatic N) is 3. The van der Waals surface area contributed by atoms with Crippen molar-refractivity contribution in [2.45, 2.75) is 26.4 Å². The molecular weight excluding hydrogens is 332 g/mol. The number of amides is 1. The Kier molecular flexibility index (Phi) is 4.97. The van der Waals surface area contributed by atoms with Gasteiger partial charge in [0.15, 0.2) is 5.65 Å². The van der Waals surface area contributed by atoms with Crippen molar-refractivity contribution in [1.29, 1.82) is 0 Å². The van der Waals surface area contributed by atoms with E-state index in [1.807, 2.05) is 18.5 Å². The van der Waals surface area contributed by atoms with Crippen LogP contribution in [0.5, 0.6) is 0 Å². The summed E-state index contributed by atoms with van der Waals surface area (Å²) < 4.78 is 6.48. The highest BCUT2D eigenvalue weighted by Crippen LogP contribution is 2.16. The number of carbonyl (C=O) groups is 2. The maximum absolute atomic E-state index is 12.4. The summed E-state index contributed by atoms with van der Waals surface area (Å²) in [5.74, 6) is -0.601. The number of pyridine rings is 1. The van der Waals surface area contributed by atoms with E-state index < -0.39 is 0 Å². The molecule has 0 saturated carbocycles. The summed E-state index contributed by atoms with van der Waals surface area (Å²) in [6.07, 6.45) is 3.27. The molecule has 1 amide bonds. The van der Waals surface area contributed by atoms with Crippen molar-refractivity contribution >= 4 is 22.9 Å². The minimum absolute atomic E-state index is 0.202. The topological polar surface area (TPSA) is 86.1 Å². The van der Waals surface area contributed by atoms with E-state index in [1.54, 1.807) is 42.7 Å². The smallest absolute Gasteiger partial charge is 0.337 e. The summed E-state index contributed by atoms with van der Waals surface area (Å²) in [6.45, 7) is 4.41. The van der Waals surface area contributed by atoms with Crippen LogP contribution in [0.2, 0.25) is 0 Å². The van der Waals surface area contributed by atoms with Gasteiger partial charge in [0.1, 0.15) is 0 Å². The zero-order chi connectivity index (χ0) is 18.7. The lowest BCUT2D eigenvalue weighted by molar-refractivity contribution is 0.0600. The summed E-state index contributed by atoms with van der Waals surface area (Å²) in [7, 11) is 1.34. The van der Waals surface area contributed by atoms with Gasteiger partial charge < -0.3 is 10.1 Å². The van der Waals surface area contributed by atoms with Crippen LogP contribution in [0.25, 0.3) is 11.0 Å². The molecule has 0 aliphatic heterocycles. The van der Waals surface area contributed by atoms with Crippen LogP contribution in [0.1, 0.15) is 46.2 Å². The molecule has 0 atom stereocenters. The van der Waals surface area contributed by atoms with Gasteiger partial charge in [-0.15, -0.1) is 0 Å². The quantitative estimate of drug-likeness (QED) is 0.714. The number of methoxy groups -OCH3 is 1. The molecule has 26 heavy (non-hydrogen) atoms. The summed E-state index contributed by atoms with van der Waals surface area (Å²) in [4.78, 5) is 28.2. The largest absolute Gasteiger partial charge is 0.465 e. The summed E-state index contributed by atoms with van der Waals surface area (Å²) in [6, 6.07) is 8.88. The average Bonchev–Trinajstić information content (AvgIpc) is 3.09. The standard InChI is InChI=1S/C19H20N4O3/c1-12(2)23-17-15(11-22-23)8-16(10-20-17)18(24)21-9-13-4-6-14(7-5-13)19(25)26-3/h4-8,10-12H,9H2,1-3H3,(H,21,24). The average molecular weight is 352 g/mol. The SMILES string of the molecule is COC(=O)c1ccc(CNC(=O)c2cnc3c(cnn3C(C)C)c2)cc1. The van der Waals surface area contributed by atoms with Crippen LogP contribution in [-0.4, -0.2) is 33.8 Å². The molecule has 0 bridgehead atoms. The van der Waals surface area contributed by atoms with E-state index in [-0.39, 0.29) is 17.9 Å². The minimum atomic E-state index is -0.387. The third-order valence-electron chi connectivity index (χ3n) is 4.01. The fraction of sp³-hybridized carbons (Fsp3) is 0.263. The number of aromatic nitrogens is 3. The van der Waals surface area contributed by atoms with E-state index in [2.05, 4.69) is 20.1 Å². The Hall–Kier alpha value is -3.22. The first-order chi connectivity index (χ1) is 12.5. The van der Waals surface area contributed by atoms with Crippen LogP contribution in [0, 0.1) is 0 Å². The van der Waals surface area contributed by atoms with E-state index in [1.165, 1.54) is 7.11 Å². The molecule has 1 N–H and O–H groups in total. The number of nitrogens with one attached hydrogen (secondary N) is 1. The molecule has 0 fully saturated rings. The Morgan fingerprint density at radius 2 is 1.88 bits per heavy atom. The second-order valence-corrected chi connectivity index (χ2v) is 6.19. The molecule has 2 heterocycles. The van der Waals surface area contributed by atoms with Crippen LogP contribution in [0.15, 0.2) is 42.7 Å². The lowest BCUT2D eigenvalue weighted by atomic mass is 10.1. The molecule has 0 aliphatic rings. The zero-order valence-electron chi connectivity index (χ0n) is 14.9. The van der Waals surface area contributed by atoms with Crippen molar-refractivity contribution in [3.05, 3.63) is 59.4 Å². The van der Waals surface area contributed by atoms with E-state index in [0.717, 1.165) is 16.6 Å². The van der Waals surface area contributed by atoms with Gasteiger partial charge in [-0.05, 0) is 37.6 Å². The van der Waals surface area contributed by atoms with Gasteiger partial charge in [-0.3, -0.25) is 4.79 Å². The van der Waals surface area contributed by atoms with E-state index in [9.17, 15) is 9.59 Å². The predicted octanol–water partition coefficient (Wildman–Crippen LogP) is 2.73. The van der Waals surface area contributed by atoms with E-state index >= 15 is 0 Å². The number of esters is 1. The lowest BCUT2D eigenvalue weighted by Crippen LogP contribution is -2.23. The third-order valence-corrected chi connectivity index (χ3v) is 4.01. The van der Waals surface area contributed by atoms with Gasteiger partial charge in [0.2, 0.25) is 0 Å². The van der Waals surface area contributed by atoms with Crippen molar-refractivity contribution in [3.8, 4) is 0 Å². The second kappa shape index (κ2) is 7.35. The van der Waals surface area contributed by atoms with Crippen molar-refractivity contribution in [1.82, 2.24) is 20.1 Å². The first-order valence-electron chi connectivity index (χ1n) is 8.28. The Morgan fingerprint density at radius 1 is 1.15 bits per heavy atom. The number of fused-ring (bicyclic) bond motifs is 1. The molecule has 7 nitrogen and oxygen atoms in total. The van der Waals surface area contributed by atoms with Gasteiger partial charge in [-0.2, -0.15) is 5.10 Å². The lowest BCUT2D eigenvalue weighted by Gasteiger charge is -2.08. The second-order valence-electron chi connectivity index (χ2n) is 6.19. The Bertz CT molecular complexity index is 945. The normalized spacial score (nSPS) is 10.9. The number of carbonyl (C=O) groups excluding carboxylic acids is 2. The van der Waals surface area contributed by atoms with Gasteiger partial charge in [0.25, 0.3) is 5.91 Å². The Balaban J connectivity index is 1.68. The molecule has 3 aromatic rings. The predicted molar refractivity (Wildman–Crippen MR) is 96.9 cm³/mol. The number of benzene rings is 1.